The maximum atomic E-state index is 12.2. The van der Waals surface area contributed by atoms with Crippen LogP contribution in [0.5, 0.6) is 0 Å². The van der Waals surface area contributed by atoms with Gasteiger partial charge in [-0.3, -0.25) is 4.79 Å². The van der Waals surface area contributed by atoms with Gasteiger partial charge in [0.15, 0.2) is 0 Å². The molecule has 1 aliphatic rings. The van der Waals surface area contributed by atoms with Crippen LogP contribution in [0.15, 0.2) is 0 Å². The molecule has 1 unspecified atom stereocenters. The Morgan fingerprint density at radius 3 is 2.33 bits per heavy atom. The van der Waals surface area contributed by atoms with Gasteiger partial charge in [-0.25, -0.2) is 13.1 Å². The van der Waals surface area contributed by atoms with E-state index >= 15 is 0 Å². The van der Waals surface area contributed by atoms with Gasteiger partial charge >= 0.3 is 5.97 Å². The Bertz CT molecular complexity index is 530. The number of sulfonamides is 1. The van der Waals surface area contributed by atoms with E-state index in [9.17, 15) is 18.3 Å². The quantitative estimate of drug-likeness (QED) is 0.435. The number of aliphatic carboxylic acids is 1. The Balaban J connectivity index is 2.70. The zero-order valence-corrected chi connectivity index (χ0v) is 18.1. The molecular formula is C20H40N2O4S. The van der Waals surface area contributed by atoms with Crippen LogP contribution in [0.2, 0.25) is 0 Å². The molecule has 0 aromatic carbocycles. The largest absolute Gasteiger partial charge is 0.481 e. The highest BCUT2D eigenvalue weighted by atomic mass is 32.2. The van der Waals surface area contributed by atoms with Crippen LogP contribution in [0.3, 0.4) is 0 Å². The second-order valence-electron chi connectivity index (χ2n) is 8.63. The van der Waals surface area contributed by atoms with E-state index in [0.717, 1.165) is 19.3 Å². The van der Waals surface area contributed by atoms with Crippen LogP contribution in [0.25, 0.3) is 0 Å². The Morgan fingerprint density at radius 1 is 1.19 bits per heavy atom. The van der Waals surface area contributed by atoms with Gasteiger partial charge in [-0.15, -0.1) is 0 Å². The predicted octanol–water partition coefficient (Wildman–Crippen LogP) is 3.51. The lowest BCUT2D eigenvalue weighted by Gasteiger charge is -2.31. The van der Waals surface area contributed by atoms with E-state index in [2.05, 4.69) is 4.72 Å². The summed E-state index contributed by atoms with van der Waals surface area (Å²) in [5.74, 6) is -0.0963. The number of hydrogen-bond donors (Lipinski definition) is 3. The molecule has 0 aromatic heterocycles. The first kappa shape index (κ1) is 24.4. The number of carboxylic acid groups (broad SMARTS) is 1. The van der Waals surface area contributed by atoms with E-state index in [-0.39, 0.29) is 30.1 Å². The van der Waals surface area contributed by atoms with E-state index < -0.39 is 22.0 Å². The van der Waals surface area contributed by atoms with Crippen molar-refractivity contribution < 1.29 is 18.3 Å². The molecule has 6 nitrogen and oxygen atoms in total. The first-order chi connectivity index (χ1) is 12.6. The van der Waals surface area contributed by atoms with Crippen LogP contribution in [0.4, 0.5) is 0 Å². The minimum absolute atomic E-state index is 0.0229. The van der Waals surface area contributed by atoms with Crippen LogP contribution in [-0.4, -0.2) is 37.3 Å². The van der Waals surface area contributed by atoms with E-state index in [0.29, 0.717) is 12.3 Å². The van der Waals surface area contributed by atoms with Gasteiger partial charge < -0.3 is 10.8 Å². The van der Waals surface area contributed by atoms with Crippen molar-refractivity contribution in [2.24, 2.45) is 23.5 Å². The predicted molar refractivity (Wildman–Crippen MR) is 110 cm³/mol. The van der Waals surface area contributed by atoms with E-state index in [1.54, 1.807) is 6.92 Å². The molecule has 0 aromatic rings. The highest BCUT2D eigenvalue weighted by Gasteiger charge is 2.30. The van der Waals surface area contributed by atoms with E-state index in [1.807, 2.05) is 13.8 Å². The summed E-state index contributed by atoms with van der Waals surface area (Å²) in [5, 5.41) is 9.28. The molecule has 3 atom stereocenters. The molecule has 4 N–H and O–H groups in total. The van der Waals surface area contributed by atoms with Crippen molar-refractivity contribution in [1.82, 2.24) is 4.72 Å². The van der Waals surface area contributed by atoms with E-state index in [4.69, 9.17) is 5.73 Å². The van der Waals surface area contributed by atoms with Gasteiger partial charge in [-0.05, 0) is 43.4 Å². The lowest BCUT2D eigenvalue weighted by molar-refractivity contribution is -0.137. The third-order valence-electron chi connectivity index (χ3n) is 5.80. The molecular weight excluding hydrogens is 364 g/mol. The fourth-order valence-electron chi connectivity index (χ4n) is 4.40. The zero-order chi connectivity index (χ0) is 20.4. The Morgan fingerprint density at radius 2 is 1.81 bits per heavy atom. The number of nitrogens with one attached hydrogen (secondary N) is 1. The molecule has 0 saturated heterocycles. The van der Waals surface area contributed by atoms with Gasteiger partial charge in [0.1, 0.15) is 0 Å². The molecule has 160 valence electrons. The van der Waals surface area contributed by atoms with Crippen LogP contribution in [0.1, 0.15) is 85.0 Å². The number of carboxylic acids is 1. The van der Waals surface area contributed by atoms with Crippen LogP contribution >= 0.6 is 0 Å². The van der Waals surface area contributed by atoms with Gasteiger partial charge in [0.05, 0.1) is 12.2 Å². The number of hydrogen-bond acceptors (Lipinski definition) is 4. The molecule has 1 fully saturated rings. The minimum Gasteiger partial charge on any atom is -0.481 e. The van der Waals surface area contributed by atoms with Crippen molar-refractivity contribution in [3.63, 3.8) is 0 Å². The summed E-state index contributed by atoms with van der Waals surface area (Å²) in [6, 6.07) is -0.479. The number of carbonyl (C=O) groups is 1. The molecule has 0 aliphatic heterocycles. The summed E-state index contributed by atoms with van der Waals surface area (Å²) < 4.78 is 27.1. The second kappa shape index (κ2) is 12.0. The average molecular weight is 405 g/mol. The number of rotatable bonds is 13. The fourth-order valence-corrected chi connectivity index (χ4v) is 5.78. The molecule has 1 saturated carbocycles. The van der Waals surface area contributed by atoms with Gasteiger partial charge in [0, 0.05) is 12.1 Å². The summed E-state index contributed by atoms with van der Waals surface area (Å²) in [7, 11) is -3.46. The smallest absolute Gasteiger partial charge is 0.304 e. The lowest BCUT2D eigenvalue weighted by atomic mass is 9.80. The Kier molecular flexibility index (Phi) is 10.9. The fraction of sp³-hybridized carbons (Fsp3) is 0.950. The van der Waals surface area contributed by atoms with Gasteiger partial charge in [-0.1, -0.05) is 52.9 Å². The van der Waals surface area contributed by atoms with Crippen molar-refractivity contribution in [3.8, 4) is 0 Å². The topological polar surface area (TPSA) is 109 Å². The van der Waals surface area contributed by atoms with Gasteiger partial charge in [0.25, 0.3) is 0 Å². The molecule has 0 heterocycles. The summed E-state index contributed by atoms with van der Waals surface area (Å²) >= 11 is 0. The molecule has 0 radical (unpaired) electrons. The minimum atomic E-state index is -3.46. The Hall–Kier alpha value is -0.660. The molecule has 0 amide bonds. The molecule has 1 aliphatic carbocycles. The third-order valence-corrected chi connectivity index (χ3v) is 7.41. The van der Waals surface area contributed by atoms with Crippen LogP contribution in [0, 0.1) is 17.8 Å². The lowest BCUT2D eigenvalue weighted by Crippen LogP contribution is -2.44. The van der Waals surface area contributed by atoms with Gasteiger partial charge in [0.2, 0.25) is 10.0 Å². The Labute approximate surface area is 165 Å². The molecule has 1 rings (SSSR count). The molecule has 27 heavy (non-hydrogen) atoms. The monoisotopic (exact) mass is 404 g/mol. The maximum absolute atomic E-state index is 12.2. The van der Waals surface area contributed by atoms with Crippen LogP contribution < -0.4 is 10.5 Å². The van der Waals surface area contributed by atoms with Crippen LogP contribution in [-0.2, 0) is 14.8 Å². The van der Waals surface area contributed by atoms with Crippen molar-refractivity contribution in [3.05, 3.63) is 0 Å². The molecule has 7 heteroatoms. The highest BCUT2D eigenvalue weighted by Crippen LogP contribution is 2.30. The van der Waals surface area contributed by atoms with Gasteiger partial charge in [-0.2, -0.15) is 0 Å². The highest BCUT2D eigenvalue weighted by molar-refractivity contribution is 7.89. The second-order valence-corrected chi connectivity index (χ2v) is 10.5. The standard InChI is InChI=1S/C20H40N2O4S/c1-4-12-27(25,26)22-19(14-20(23)24)18(15(2)3)11-10-17(21)13-16-8-6-5-7-9-16/h15-19,22H,4-14,21H2,1-3H3,(H,23,24)/t17-,18-,19?/m0/s1. The van der Waals surface area contributed by atoms with Crippen molar-refractivity contribution in [2.75, 3.05) is 5.75 Å². The summed E-state index contributed by atoms with van der Waals surface area (Å²) in [5.41, 5.74) is 6.37. The molecule has 0 spiro atoms. The van der Waals surface area contributed by atoms with Crippen molar-refractivity contribution in [1.29, 1.82) is 0 Å². The first-order valence-corrected chi connectivity index (χ1v) is 12.3. The summed E-state index contributed by atoms with van der Waals surface area (Å²) in [6.07, 6.45) is 9.35. The zero-order valence-electron chi connectivity index (χ0n) is 17.3. The average Bonchev–Trinajstić information content (AvgIpc) is 2.54. The number of nitrogens with two attached hydrogens (primary N) is 1. The third kappa shape index (κ3) is 9.90. The van der Waals surface area contributed by atoms with Crippen molar-refractivity contribution in [2.45, 2.75) is 97.1 Å². The normalized spacial score (nSPS) is 19.7. The summed E-state index contributed by atoms with van der Waals surface area (Å²) in [4.78, 5) is 11.3. The first-order valence-electron chi connectivity index (χ1n) is 10.6. The maximum Gasteiger partial charge on any atom is 0.304 e. The van der Waals surface area contributed by atoms with E-state index in [1.165, 1.54) is 32.1 Å². The SMILES string of the molecule is CCCS(=O)(=O)NC(CC(=O)O)[C@@H](CC[C@H](N)CC1CCCCC1)C(C)C. The molecule has 0 bridgehead atoms. The summed E-state index contributed by atoms with van der Waals surface area (Å²) in [6.45, 7) is 5.86. The van der Waals surface area contributed by atoms with Crippen molar-refractivity contribution >= 4 is 16.0 Å².